The zero-order chi connectivity index (χ0) is 14.5. The summed E-state index contributed by atoms with van der Waals surface area (Å²) in [6.07, 6.45) is 2.67. The monoisotopic (exact) mass is 274 g/mol. The first-order valence-electron chi connectivity index (χ1n) is 6.96. The lowest BCUT2D eigenvalue weighted by Gasteiger charge is -2.06. The number of methoxy groups -OCH3 is 1. The molecular formula is C16H22N2O2. The van der Waals surface area contributed by atoms with Crippen LogP contribution >= 0.6 is 0 Å². The van der Waals surface area contributed by atoms with E-state index in [1.165, 1.54) is 5.56 Å². The van der Waals surface area contributed by atoms with Crippen molar-refractivity contribution >= 4 is 5.88 Å². The Hall–Kier alpha value is -1.97. The van der Waals surface area contributed by atoms with Gasteiger partial charge >= 0.3 is 0 Å². The second-order valence-corrected chi connectivity index (χ2v) is 5.42. The number of nitrogens with two attached hydrogens (primary N) is 1. The van der Waals surface area contributed by atoms with Gasteiger partial charge in [-0.3, -0.25) is 0 Å². The second-order valence-electron chi connectivity index (χ2n) is 5.42. The van der Waals surface area contributed by atoms with Crippen molar-refractivity contribution in [2.24, 2.45) is 5.92 Å². The van der Waals surface area contributed by atoms with Gasteiger partial charge in [-0.05, 0) is 42.9 Å². The zero-order valence-corrected chi connectivity index (χ0v) is 12.3. The molecular weight excluding hydrogens is 252 g/mol. The Labute approximate surface area is 119 Å². The average Bonchev–Trinajstić information content (AvgIpc) is 2.78. The minimum absolute atomic E-state index is 0.462. The number of nitrogen functional groups attached to an aromatic ring is 1. The Morgan fingerprint density at radius 3 is 2.50 bits per heavy atom. The Morgan fingerprint density at radius 1 is 1.20 bits per heavy atom. The molecule has 2 rings (SSSR count). The normalized spacial score (nSPS) is 11.0. The first kappa shape index (κ1) is 14.4. The minimum atomic E-state index is 0.462. The third-order valence-electron chi connectivity index (χ3n) is 3.32. The molecule has 0 radical (unpaired) electrons. The predicted molar refractivity (Wildman–Crippen MR) is 79.9 cm³/mol. The van der Waals surface area contributed by atoms with E-state index in [9.17, 15) is 0 Å². The highest BCUT2D eigenvalue weighted by atomic mass is 16.5. The van der Waals surface area contributed by atoms with E-state index >= 15 is 0 Å². The summed E-state index contributed by atoms with van der Waals surface area (Å²) in [5.41, 5.74) is 9.15. The summed E-state index contributed by atoms with van der Waals surface area (Å²) in [5.74, 6) is 1.87. The van der Waals surface area contributed by atoms with Crippen molar-refractivity contribution in [3.8, 4) is 5.75 Å². The van der Waals surface area contributed by atoms with E-state index in [4.69, 9.17) is 15.0 Å². The largest absolute Gasteiger partial charge is 0.497 e. The van der Waals surface area contributed by atoms with Crippen LogP contribution in [-0.4, -0.2) is 12.3 Å². The van der Waals surface area contributed by atoms with Crippen LogP contribution in [0.1, 0.15) is 30.7 Å². The molecule has 4 nitrogen and oxygen atoms in total. The van der Waals surface area contributed by atoms with Crippen LogP contribution in [0, 0.1) is 5.92 Å². The summed E-state index contributed by atoms with van der Waals surface area (Å²) in [4.78, 5) is 0. The van der Waals surface area contributed by atoms with Gasteiger partial charge in [0.15, 0.2) is 0 Å². The summed E-state index contributed by atoms with van der Waals surface area (Å²) in [5, 5.41) is 4.09. The van der Waals surface area contributed by atoms with E-state index in [2.05, 4.69) is 31.1 Å². The maximum atomic E-state index is 5.85. The standard InChI is InChI=1S/C16H22N2O2/c1-11(2)10-14-15(18-20-16(14)17)9-6-12-4-7-13(19-3)8-5-12/h4-5,7-8,11H,6,9-10,17H2,1-3H3. The Balaban J connectivity index is 2.02. The summed E-state index contributed by atoms with van der Waals surface area (Å²) >= 11 is 0. The molecule has 0 unspecified atom stereocenters. The van der Waals surface area contributed by atoms with Crippen LogP contribution in [0.25, 0.3) is 0 Å². The first-order chi connectivity index (χ1) is 9.60. The van der Waals surface area contributed by atoms with Crippen molar-refractivity contribution in [2.75, 3.05) is 12.8 Å². The Morgan fingerprint density at radius 2 is 1.90 bits per heavy atom. The van der Waals surface area contributed by atoms with Crippen LogP contribution in [0.3, 0.4) is 0 Å². The molecule has 2 N–H and O–H groups in total. The molecule has 0 aliphatic carbocycles. The SMILES string of the molecule is COc1ccc(CCc2noc(N)c2CC(C)C)cc1. The van der Waals surface area contributed by atoms with Gasteiger partial charge in [0.1, 0.15) is 5.75 Å². The molecule has 1 aromatic heterocycles. The van der Waals surface area contributed by atoms with Gasteiger partial charge in [-0.15, -0.1) is 0 Å². The van der Waals surface area contributed by atoms with Gasteiger partial charge < -0.3 is 15.0 Å². The summed E-state index contributed by atoms with van der Waals surface area (Å²) in [6, 6.07) is 8.10. The first-order valence-corrected chi connectivity index (χ1v) is 6.96. The number of aromatic nitrogens is 1. The number of hydrogen-bond donors (Lipinski definition) is 1. The highest BCUT2D eigenvalue weighted by Gasteiger charge is 2.14. The lowest BCUT2D eigenvalue weighted by atomic mass is 9.99. The minimum Gasteiger partial charge on any atom is -0.497 e. The second kappa shape index (κ2) is 6.46. The Bertz CT molecular complexity index is 544. The molecule has 4 heteroatoms. The van der Waals surface area contributed by atoms with E-state index in [1.54, 1.807) is 7.11 Å². The fraction of sp³-hybridized carbons (Fsp3) is 0.438. The molecule has 1 aromatic carbocycles. The number of ether oxygens (including phenoxy) is 1. The molecule has 0 atom stereocenters. The number of benzene rings is 1. The molecule has 0 fully saturated rings. The van der Waals surface area contributed by atoms with Crippen LogP contribution < -0.4 is 10.5 Å². The fourth-order valence-electron chi connectivity index (χ4n) is 2.23. The van der Waals surface area contributed by atoms with Crippen molar-refractivity contribution < 1.29 is 9.26 Å². The van der Waals surface area contributed by atoms with Crippen molar-refractivity contribution in [3.63, 3.8) is 0 Å². The third-order valence-corrected chi connectivity index (χ3v) is 3.32. The summed E-state index contributed by atoms with van der Waals surface area (Å²) in [6.45, 7) is 4.33. The van der Waals surface area contributed by atoms with Crippen LogP contribution in [0.5, 0.6) is 5.75 Å². The van der Waals surface area contributed by atoms with Gasteiger partial charge in [0.2, 0.25) is 5.88 Å². The van der Waals surface area contributed by atoms with Crippen LogP contribution in [0.2, 0.25) is 0 Å². The van der Waals surface area contributed by atoms with Crippen molar-refractivity contribution in [1.29, 1.82) is 0 Å². The molecule has 0 aliphatic heterocycles. The molecule has 108 valence electrons. The smallest absolute Gasteiger partial charge is 0.225 e. The van der Waals surface area contributed by atoms with Gasteiger partial charge in [-0.25, -0.2) is 0 Å². The maximum absolute atomic E-state index is 5.85. The van der Waals surface area contributed by atoms with E-state index < -0.39 is 0 Å². The fourth-order valence-corrected chi connectivity index (χ4v) is 2.23. The average molecular weight is 274 g/mol. The van der Waals surface area contributed by atoms with Crippen LogP contribution in [-0.2, 0) is 19.3 Å². The number of rotatable bonds is 6. The number of nitrogens with zero attached hydrogens (tertiary/aromatic N) is 1. The predicted octanol–water partition coefficient (Wildman–Crippen LogP) is 3.25. The lowest BCUT2D eigenvalue weighted by molar-refractivity contribution is 0.414. The van der Waals surface area contributed by atoms with Gasteiger partial charge in [0.05, 0.1) is 12.8 Å². The lowest BCUT2D eigenvalue weighted by Crippen LogP contribution is -2.02. The van der Waals surface area contributed by atoms with Crippen molar-refractivity contribution in [2.45, 2.75) is 33.1 Å². The highest BCUT2D eigenvalue weighted by molar-refractivity contribution is 5.39. The molecule has 0 bridgehead atoms. The Kier molecular flexibility index (Phi) is 4.66. The molecule has 1 heterocycles. The van der Waals surface area contributed by atoms with Gasteiger partial charge in [-0.1, -0.05) is 31.1 Å². The van der Waals surface area contributed by atoms with Crippen LogP contribution in [0.15, 0.2) is 28.8 Å². The van der Waals surface area contributed by atoms with E-state index in [-0.39, 0.29) is 0 Å². The van der Waals surface area contributed by atoms with Gasteiger partial charge in [0, 0.05) is 5.56 Å². The maximum Gasteiger partial charge on any atom is 0.225 e. The summed E-state index contributed by atoms with van der Waals surface area (Å²) < 4.78 is 10.3. The molecule has 0 saturated heterocycles. The van der Waals surface area contributed by atoms with E-state index in [1.807, 2.05) is 12.1 Å². The molecule has 0 amide bonds. The molecule has 0 aliphatic rings. The summed E-state index contributed by atoms with van der Waals surface area (Å²) in [7, 11) is 1.67. The van der Waals surface area contributed by atoms with Crippen LogP contribution in [0.4, 0.5) is 5.88 Å². The van der Waals surface area contributed by atoms with Crippen molar-refractivity contribution in [1.82, 2.24) is 5.16 Å². The van der Waals surface area contributed by atoms with E-state index in [0.717, 1.165) is 36.3 Å². The zero-order valence-electron chi connectivity index (χ0n) is 12.3. The van der Waals surface area contributed by atoms with E-state index in [0.29, 0.717) is 11.8 Å². The molecule has 2 aromatic rings. The van der Waals surface area contributed by atoms with Gasteiger partial charge in [-0.2, -0.15) is 0 Å². The molecule has 20 heavy (non-hydrogen) atoms. The number of anilines is 1. The van der Waals surface area contributed by atoms with Gasteiger partial charge in [0.25, 0.3) is 0 Å². The number of hydrogen-bond acceptors (Lipinski definition) is 4. The number of aryl methyl sites for hydroxylation is 2. The quantitative estimate of drug-likeness (QED) is 0.878. The topological polar surface area (TPSA) is 61.3 Å². The highest BCUT2D eigenvalue weighted by Crippen LogP contribution is 2.22. The molecule has 0 saturated carbocycles. The molecule has 0 spiro atoms. The third kappa shape index (κ3) is 3.53. The van der Waals surface area contributed by atoms with Crippen molar-refractivity contribution in [3.05, 3.63) is 41.1 Å².